The lowest BCUT2D eigenvalue weighted by Crippen LogP contribution is -2.41. The normalized spacial score (nSPS) is 13.8. The summed E-state index contributed by atoms with van der Waals surface area (Å²) in [5.41, 5.74) is 1.31. The summed E-state index contributed by atoms with van der Waals surface area (Å²) in [6.07, 6.45) is 0.900. The van der Waals surface area contributed by atoms with E-state index in [9.17, 15) is 0 Å². The molecule has 1 atom stereocenters. The lowest BCUT2D eigenvalue weighted by atomic mass is 9.83. The van der Waals surface area contributed by atoms with Gasteiger partial charge in [-0.25, -0.2) is 0 Å². The first-order valence-electron chi connectivity index (χ1n) is 6.02. The Balaban J connectivity index is 2.89. The van der Waals surface area contributed by atoms with Gasteiger partial charge in [0.25, 0.3) is 0 Å². The zero-order valence-corrected chi connectivity index (χ0v) is 12.5. The van der Waals surface area contributed by atoms with Crippen LogP contribution in [0.1, 0.15) is 33.3 Å². The molecular weight excluding hydrogens is 253 g/mol. The molecule has 0 radical (unpaired) electrons. The Bertz CT molecular complexity index is 369. The van der Waals surface area contributed by atoms with E-state index in [1.807, 2.05) is 18.2 Å². The van der Waals surface area contributed by atoms with E-state index in [0.29, 0.717) is 6.04 Å². The van der Waals surface area contributed by atoms with Crippen molar-refractivity contribution in [2.24, 2.45) is 5.41 Å². The minimum Gasteiger partial charge on any atom is -0.313 e. The minimum absolute atomic E-state index is 0.196. The van der Waals surface area contributed by atoms with Gasteiger partial charge in [0.05, 0.1) is 0 Å². The molecule has 0 aliphatic rings. The Morgan fingerprint density at radius 1 is 1.24 bits per heavy atom. The maximum Gasteiger partial charge on any atom is 0.0439 e. The second kappa shape index (κ2) is 6.08. The number of hydrogen-bond acceptors (Lipinski definition) is 1. The summed E-state index contributed by atoms with van der Waals surface area (Å²) in [6, 6.07) is 6.04. The van der Waals surface area contributed by atoms with Crippen molar-refractivity contribution in [3.8, 4) is 0 Å². The number of rotatable bonds is 4. The van der Waals surface area contributed by atoms with Gasteiger partial charge in [-0.05, 0) is 42.1 Å². The van der Waals surface area contributed by atoms with Gasteiger partial charge in [-0.3, -0.25) is 0 Å². The van der Waals surface area contributed by atoms with Crippen molar-refractivity contribution in [3.63, 3.8) is 0 Å². The third-order valence-electron chi connectivity index (χ3n) is 2.93. The first kappa shape index (κ1) is 14.8. The number of hydrogen-bond donors (Lipinski definition) is 1. The number of nitrogens with one attached hydrogen (secondary N) is 1. The van der Waals surface area contributed by atoms with Gasteiger partial charge in [0.2, 0.25) is 0 Å². The third kappa shape index (κ3) is 4.50. The van der Waals surface area contributed by atoms with Crippen LogP contribution in [0, 0.1) is 5.41 Å². The number of benzene rings is 1. The molecule has 1 aromatic carbocycles. The van der Waals surface area contributed by atoms with Gasteiger partial charge in [0.15, 0.2) is 0 Å². The maximum absolute atomic E-state index is 6.20. The fraction of sp³-hybridized carbons (Fsp3) is 0.571. The van der Waals surface area contributed by atoms with E-state index in [0.717, 1.165) is 28.6 Å². The highest BCUT2D eigenvalue weighted by atomic mass is 35.5. The number of halogens is 2. The van der Waals surface area contributed by atoms with E-state index in [4.69, 9.17) is 23.2 Å². The van der Waals surface area contributed by atoms with Crippen molar-refractivity contribution < 1.29 is 0 Å². The lowest BCUT2D eigenvalue weighted by Gasteiger charge is -2.32. The van der Waals surface area contributed by atoms with Crippen LogP contribution >= 0.6 is 23.2 Å². The highest BCUT2D eigenvalue weighted by Gasteiger charge is 2.24. The summed E-state index contributed by atoms with van der Waals surface area (Å²) >= 11 is 12.2. The molecule has 0 saturated carbocycles. The van der Waals surface area contributed by atoms with Gasteiger partial charge in [0, 0.05) is 16.1 Å². The summed E-state index contributed by atoms with van der Waals surface area (Å²) in [5, 5.41) is 5.05. The van der Waals surface area contributed by atoms with E-state index in [1.54, 1.807) is 0 Å². The van der Waals surface area contributed by atoms with Crippen LogP contribution in [-0.4, -0.2) is 12.6 Å². The first-order chi connectivity index (χ1) is 7.84. The SMILES string of the molecule is CCNC(Cc1cc(Cl)ccc1Cl)C(C)(C)C. The van der Waals surface area contributed by atoms with Crippen LogP contribution < -0.4 is 5.32 Å². The molecular formula is C14H21Cl2N. The van der Waals surface area contributed by atoms with E-state index < -0.39 is 0 Å². The van der Waals surface area contributed by atoms with E-state index in [2.05, 4.69) is 33.0 Å². The van der Waals surface area contributed by atoms with Gasteiger partial charge in [-0.2, -0.15) is 0 Å². The molecule has 1 nitrogen and oxygen atoms in total. The van der Waals surface area contributed by atoms with Crippen molar-refractivity contribution >= 4 is 23.2 Å². The van der Waals surface area contributed by atoms with Crippen molar-refractivity contribution in [1.29, 1.82) is 0 Å². The van der Waals surface area contributed by atoms with Gasteiger partial charge in [0.1, 0.15) is 0 Å². The summed E-state index contributed by atoms with van der Waals surface area (Å²) in [6.45, 7) is 9.79. The molecule has 3 heteroatoms. The Kier molecular flexibility index (Phi) is 5.30. The quantitative estimate of drug-likeness (QED) is 0.848. The fourth-order valence-corrected chi connectivity index (χ4v) is 2.24. The second-order valence-corrected chi connectivity index (χ2v) is 6.26. The second-order valence-electron chi connectivity index (χ2n) is 5.42. The topological polar surface area (TPSA) is 12.0 Å². The first-order valence-corrected chi connectivity index (χ1v) is 6.77. The molecule has 0 bridgehead atoms. The molecule has 1 N–H and O–H groups in total. The highest BCUT2D eigenvalue weighted by molar-refractivity contribution is 6.33. The van der Waals surface area contributed by atoms with E-state index in [1.165, 1.54) is 0 Å². The largest absolute Gasteiger partial charge is 0.313 e. The van der Waals surface area contributed by atoms with Crippen LogP contribution in [-0.2, 0) is 6.42 Å². The Morgan fingerprint density at radius 2 is 1.88 bits per heavy atom. The molecule has 1 aromatic rings. The summed E-state index contributed by atoms with van der Waals surface area (Å²) in [4.78, 5) is 0. The predicted octanol–water partition coefficient (Wildman–Crippen LogP) is 4.56. The smallest absolute Gasteiger partial charge is 0.0439 e. The Hall–Kier alpha value is -0.240. The van der Waals surface area contributed by atoms with Crippen LogP contribution in [0.25, 0.3) is 0 Å². The summed E-state index contributed by atoms with van der Waals surface area (Å²) in [7, 11) is 0. The number of likely N-dealkylation sites (N-methyl/N-ethyl adjacent to an activating group) is 1. The van der Waals surface area contributed by atoms with Crippen molar-refractivity contribution in [2.75, 3.05) is 6.54 Å². The molecule has 0 amide bonds. The molecule has 0 fully saturated rings. The zero-order chi connectivity index (χ0) is 13.1. The van der Waals surface area contributed by atoms with Crippen LogP contribution in [0.4, 0.5) is 0 Å². The van der Waals surface area contributed by atoms with Crippen molar-refractivity contribution in [3.05, 3.63) is 33.8 Å². The van der Waals surface area contributed by atoms with E-state index >= 15 is 0 Å². The Morgan fingerprint density at radius 3 is 2.41 bits per heavy atom. The van der Waals surface area contributed by atoms with Crippen molar-refractivity contribution in [1.82, 2.24) is 5.32 Å². The molecule has 0 aromatic heterocycles. The molecule has 96 valence electrons. The fourth-order valence-electron chi connectivity index (χ4n) is 1.85. The molecule has 1 unspecified atom stereocenters. The van der Waals surface area contributed by atoms with Crippen LogP contribution in [0.15, 0.2) is 18.2 Å². The summed E-state index contributed by atoms with van der Waals surface area (Å²) in [5.74, 6) is 0. The molecule has 0 aliphatic heterocycles. The van der Waals surface area contributed by atoms with Crippen LogP contribution in [0.5, 0.6) is 0 Å². The van der Waals surface area contributed by atoms with Crippen molar-refractivity contribution in [2.45, 2.75) is 40.2 Å². The van der Waals surface area contributed by atoms with Crippen LogP contribution in [0.3, 0.4) is 0 Å². The lowest BCUT2D eigenvalue weighted by molar-refractivity contribution is 0.270. The highest BCUT2D eigenvalue weighted by Crippen LogP contribution is 2.27. The van der Waals surface area contributed by atoms with Crippen LogP contribution in [0.2, 0.25) is 10.0 Å². The average molecular weight is 274 g/mol. The molecule has 1 rings (SSSR count). The summed E-state index contributed by atoms with van der Waals surface area (Å²) < 4.78 is 0. The minimum atomic E-state index is 0.196. The monoisotopic (exact) mass is 273 g/mol. The average Bonchev–Trinajstić information content (AvgIpc) is 2.21. The maximum atomic E-state index is 6.20. The standard InChI is InChI=1S/C14H21Cl2N/c1-5-17-13(14(2,3)4)9-10-8-11(15)6-7-12(10)16/h6-8,13,17H,5,9H2,1-4H3. The molecule has 0 heterocycles. The van der Waals surface area contributed by atoms with E-state index in [-0.39, 0.29) is 5.41 Å². The molecule has 0 spiro atoms. The predicted molar refractivity (Wildman–Crippen MR) is 77.1 cm³/mol. The van der Waals surface area contributed by atoms with Gasteiger partial charge in [-0.15, -0.1) is 0 Å². The molecule has 17 heavy (non-hydrogen) atoms. The zero-order valence-electron chi connectivity index (χ0n) is 11.0. The molecule has 0 saturated heterocycles. The van der Waals surface area contributed by atoms with Gasteiger partial charge >= 0.3 is 0 Å². The Labute approximate surface area is 115 Å². The van der Waals surface area contributed by atoms with Gasteiger partial charge < -0.3 is 5.32 Å². The van der Waals surface area contributed by atoms with Gasteiger partial charge in [-0.1, -0.05) is 50.9 Å². The molecule has 0 aliphatic carbocycles. The third-order valence-corrected chi connectivity index (χ3v) is 3.53.